The minimum Gasteiger partial charge on any atom is -0.423 e. The Kier molecular flexibility index (Phi) is 6.63. The third-order valence-corrected chi connectivity index (χ3v) is 7.06. The van der Waals surface area contributed by atoms with Crippen molar-refractivity contribution in [2.45, 2.75) is 11.4 Å². The van der Waals surface area contributed by atoms with Gasteiger partial charge in [0.1, 0.15) is 16.2 Å². The van der Waals surface area contributed by atoms with Crippen LogP contribution in [0.2, 0.25) is 0 Å². The van der Waals surface area contributed by atoms with Gasteiger partial charge in [0.05, 0.1) is 10.6 Å². The van der Waals surface area contributed by atoms with Crippen LogP contribution in [-0.4, -0.2) is 13.3 Å². The summed E-state index contributed by atoms with van der Waals surface area (Å²) in [6.07, 6.45) is 0. The number of benzene rings is 4. The molecule has 5 aromatic rings. The van der Waals surface area contributed by atoms with Gasteiger partial charge in [0.25, 0.3) is 5.69 Å². The number of non-ortho nitro benzene ring substituents is 1. The van der Waals surface area contributed by atoms with Gasteiger partial charge in [-0.1, -0.05) is 54.6 Å². The Labute approximate surface area is 217 Å². The van der Waals surface area contributed by atoms with Crippen molar-refractivity contribution in [3.05, 3.63) is 129 Å². The largest absolute Gasteiger partial charge is 0.423 e. The molecule has 38 heavy (non-hydrogen) atoms. The van der Waals surface area contributed by atoms with Gasteiger partial charge in [-0.05, 0) is 47.0 Å². The summed E-state index contributed by atoms with van der Waals surface area (Å²) in [6.45, 7) is 0.259. The number of rotatable bonds is 8. The SMILES string of the molecule is O=c1cc(NCc2ccc(OS(=O)(=O)c3ccc(-c4ccccc4)cc3)cc2)c2cc([N+](=O)[O-])ccc2o1. The number of hydrogen-bond donors (Lipinski definition) is 1. The molecular formula is C28H20N2O7S. The Morgan fingerprint density at radius 1 is 0.842 bits per heavy atom. The molecule has 1 N–H and O–H groups in total. The molecule has 0 saturated carbocycles. The second-order valence-corrected chi connectivity index (χ2v) is 9.89. The molecule has 0 amide bonds. The van der Waals surface area contributed by atoms with E-state index in [-0.39, 0.29) is 28.5 Å². The zero-order valence-electron chi connectivity index (χ0n) is 19.7. The summed E-state index contributed by atoms with van der Waals surface area (Å²) in [5.74, 6) is 0.141. The number of nitro benzene ring substituents is 1. The van der Waals surface area contributed by atoms with E-state index in [1.165, 1.54) is 48.5 Å². The molecule has 9 nitrogen and oxygen atoms in total. The fourth-order valence-electron chi connectivity index (χ4n) is 3.89. The average molecular weight is 529 g/mol. The normalized spacial score (nSPS) is 11.3. The van der Waals surface area contributed by atoms with Crippen molar-refractivity contribution in [3.63, 3.8) is 0 Å². The number of nitrogens with zero attached hydrogens (tertiary/aromatic N) is 1. The molecule has 10 heteroatoms. The molecule has 0 aliphatic rings. The molecule has 0 unspecified atom stereocenters. The number of nitro groups is 1. The van der Waals surface area contributed by atoms with Crippen LogP contribution in [0.1, 0.15) is 5.56 Å². The fourth-order valence-corrected chi connectivity index (χ4v) is 4.82. The molecule has 5 rings (SSSR count). The Balaban J connectivity index is 1.28. The van der Waals surface area contributed by atoms with E-state index in [0.717, 1.165) is 16.7 Å². The van der Waals surface area contributed by atoms with Gasteiger partial charge in [-0.3, -0.25) is 10.1 Å². The van der Waals surface area contributed by atoms with E-state index in [9.17, 15) is 23.3 Å². The third kappa shape index (κ3) is 5.40. The number of nitrogens with one attached hydrogen (secondary N) is 1. The zero-order valence-corrected chi connectivity index (χ0v) is 20.6. The predicted octanol–water partition coefficient (Wildman–Crippen LogP) is 5.75. The zero-order chi connectivity index (χ0) is 26.7. The standard InChI is InChI=1S/C28H20N2O7S/c31-28-17-26(25-16-22(30(32)33)10-15-27(25)36-28)29-18-19-6-11-23(12-7-19)37-38(34,35)24-13-8-21(9-14-24)20-4-2-1-3-5-20/h1-17,29H,18H2. The lowest BCUT2D eigenvalue weighted by Gasteiger charge is -2.11. The smallest absolute Gasteiger partial charge is 0.339 e. The van der Waals surface area contributed by atoms with E-state index in [2.05, 4.69) is 5.32 Å². The molecule has 1 heterocycles. The molecule has 4 aromatic carbocycles. The Bertz CT molecular complexity index is 1780. The highest BCUT2D eigenvalue weighted by Crippen LogP contribution is 2.27. The van der Waals surface area contributed by atoms with E-state index in [0.29, 0.717) is 11.1 Å². The number of fused-ring (bicyclic) bond motifs is 1. The Morgan fingerprint density at radius 2 is 1.53 bits per heavy atom. The van der Waals surface area contributed by atoms with Crippen molar-refractivity contribution in [2.24, 2.45) is 0 Å². The first-order valence-electron chi connectivity index (χ1n) is 11.4. The summed E-state index contributed by atoms with van der Waals surface area (Å²) in [6, 6.07) is 27.6. The first kappa shape index (κ1) is 24.7. The van der Waals surface area contributed by atoms with E-state index >= 15 is 0 Å². The second kappa shape index (κ2) is 10.2. The summed E-state index contributed by atoms with van der Waals surface area (Å²) in [7, 11) is -4.04. The Morgan fingerprint density at radius 3 is 2.21 bits per heavy atom. The molecule has 0 bridgehead atoms. The van der Waals surface area contributed by atoms with Crippen LogP contribution < -0.4 is 15.1 Å². The molecule has 0 aliphatic carbocycles. The van der Waals surface area contributed by atoms with Crippen LogP contribution in [-0.2, 0) is 16.7 Å². The van der Waals surface area contributed by atoms with Gasteiger partial charge in [0.15, 0.2) is 0 Å². The summed E-state index contributed by atoms with van der Waals surface area (Å²) >= 11 is 0. The lowest BCUT2D eigenvalue weighted by molar-refractivity contribution is -0.384. The quantitative estimate of drug-likeness (QED) is 0.117. The van der Waals surface area contributed by atoms with Crippen molar-refractivity contribution >= 4 is 32.5 Å². The second-order valence-electron chi connectivity index (χ2n) is 8.34. The number of hydrogen-bond acceptors (Lipinski definition) is 8. The highest BCUT2D eigenvalue weighted by atomic mass is 32.2. The first-order chi connectivity index (χ1) is 18.3. The molecule has 0 atom stereocenters. The van der Waals surface area contributed by atoms with E-state index in [1.807, 2.05) is 30.3 Å². The minimum atomic E-state index is -4.04. The molecule has 0 fully saturated rings. The summed E-state index contributed by atoms with van der Waals surface area (Å²) in [4.78, 5) is 22.5. The molecule has 190 valence electrons. The van der Waals surface area contributed by atoms with Crippen molar-refractivity contribution in [3.8, 4) is 16.9 Å². The van der Waals surface area contributed by atoms with Crippen molar-refractivity contribution < 1.29 is 21.9 Å². The maximum Gasteiger partial charge on any atom is 0.339 e. The third-order valence-electron chi connectivity index (χ3n) is 5.80. The molecule has 0 aliphatic heterocycles. The average Bonchev–Trinajstić information content (AvgIpc) is 2.92. The molecular weight excluding hydrogens is 508 g/mol. The lowest BCUT2D eigenvalue weighted by atomic mass is 10.1. The minimum absolute atomic E-state index is 0.0341. The van der Waals surface area contributed by atoms with Crippen LogP contribution in [0, 0.1) is 10.1 Å². The van der Waals surface area contributed by atoms with Crippen LogP contribution in [0.25, 0.3) is 22.1 Å². The van der Waals surface area contributed by atoms with Gasteiger partial charge in [-0.15, -0.1) is 0 Å². The molecule has 0 saturated heterocycles. The van der Waals surface area contributed by atoms with Crippen LogP contribution in [0.4, 0.5) is 11.4 Å². The highest BCUT2D eigenvalue weighted by molar-refractivity contribution is 7.87. The monoisotopic (exact) mass is 528 g/mol. The van der Waals surface area contributed by atoms with Crippen LogP contribution in [0.3, 0.4) is 0 Å². The van der Waals surface area contributed by atoms with E-state index < -0.39 is 20.7 Å². The van der Waals surface area contributed by atoms with Gasteiger partial charge < -0.3 is 13.9 Å². The van der Waals surface area contributed by atoms with Crippen molar-refractivity contribution in [2.75, 3.05) is 5.32 Å². The van der Waals surface area contributed by atoms with Crippen LogP contribution in [0.5, 0.6) is 5.75 Å². The fraction of sp³-hybridized carbons (Fsp3) is 0.0357. The van der Waals surface area contributed by atoms with Crippen molar-refractivity contribution in [1.82, 2.24) is 0 Å². The van der Waals surface area contributed by atoms with Crippen LogP contribution >= 0.6 is 0 Å². The summed E-state index contributed by atoms with van der Waals surface area (Å²) in [5.41, 5.74) is 2.49. The van der Waals surface area contributed by atoms with Crippen LogP contribution in [0.15, 0.2) is 117 Å². The number of anilines is 1. The van der Waals surface area contributed by atoms with Gasteiger partial charge in [0.2, 0.25) is 0 Å². The van der Waals surface area contributed by atoms with Gasteiger partial charge >= 0.3 is 15.7 Å². The Hall–Kier alpha value is -4.96. The van der Waals surface area contributed by atoms with Gasteiger partial charge in [0, 0.05) is 30.1 Å². The van der Waals surface area contributed by atoms with E-state index in [4.69, 9.17) is 8.60 Å². The summed E-state index contributed by atoms with van der Waals surface area (Å²) < 4.78 is 35.9. The van der Waals surface area contributed by atoms with Crippen molar-refractivity contribution in [1.29, 1.82) is 0 Å². The summed E-state index contributed by atoms with van der Waals surface area (Å²) in [5, 5.41) is 14.6. The van der Waals surface area contributed by atoms with E-state index in [1.54, 1.807) is 24.3 Å². The molecule has 1 aromatic heterocycles. The topological polar surface area (TPSA) is 129 Å². The van der Waals surface area contributed by atoms with Gasteiger partial charge in [-0.25, -0.2) is 4.79 Å². The highest BCUT2D eigenvalue weighted by Gasteiger charge is 2.17. The predicted molar refractivity (Wildman–Crippen MR) is 143 cm³/mol. The first-order valence-corrected chi connectivity index (χ1v) is 12.8. The maximum absolute atomic E-state index is 12.8. The lowest BCUT2D eigenvalue weighted by Crippen LogP contribution is -2.10. The van der Waals surface area contributed by atoms with Gasteiger partial charge in [-0.2, -0.15) is 8.42 Å². The molecule has 0 radical (unpaired) electrons. The molecule has 0 spiro atoms. The maximum atomic E-state index is 12.8.